The fourth-order valence-corrected chi connectivity index (χ4v) is 3.02. The minimum atomic E-state index is 0. The highest BCUT2D eigenvalue weighted by Crippen LogP contribution is 2.18. The lowest BCUT2D eigenvalue weighted by molar-refractivity contribution is -0.121. The first-order valence-corrected chi connectivity index (χ1v) is 7.97. The lowest BCUT2D eigenvalue weighted by Crippen LogP contribution is -2.47. The van der Waals surface area contributed by atoms with E-state index in [2.05, 4.69) is 22.8 Å². The minimum Gasteiger partial charge on any atom is -0.351 e. The number of carbonyl (C=O) groups excluding carboxylic acids is 1. The van der Waals surface area contributed by atoms with Crippen molar-refractivity contribution in [3.05, 3.63) is 35.9 Å². The summed E-state index contributed by atoms with van der Waals surface area (Å²) in [6, 6.07) is 10.6. The number of benzene rings is 1. The highest BCUT2D eigenvalue weighted by molar-refractivity contribution is 7.99. The highest BCUT2D eigenvalue weighted by Gasteiger charge is 2.19. The van der Waals surface area contributed by atoms with E-state index in [4.69, 9.17) is 0 Å². The zero-order valence-electron chi connectivity index (χ0n) is 11.8. The van der Waals surface area contributed by atoms with Crippen LogP contribution in [-0.2, 0) is 10.5 Å². The van der Waals surface area contributed by atoms with E-state index in [1.54, 1.807) is 11.8 Å². The van der Waals surface area contributed by atoms with Gasteiger partial charge in [-0.15, -0.1) is 24.2 Å². The van der Waals surface area contributed by atoms with Crippen molar-refractivity contribution in [2.75, 3.05) is 13.1 Å². The predicted octanol–water partition coefficient (Wildman–Crippen LogP) is 2.60. The first-order chi connectivity index (χ1) is 9.25. The number of hydrogen-bond donors (Lipinski definition) is 2. The topological polar surface area (TPSA) is 41.1 Å². The largest absolute Gasteiger partial charge is 0.351 e. The van der Waals surface area contributed by atoms with Gasteiger partial charge in [-0.1, -0.05) is 30.3 Å². The number of rotatable bonds is 5. The third-order valence-corrected chi connectivity index (χ3v) is 4.57. The Kier molecular flexibility index (Phi) is 8.04. The van der Waals surface area contributed by atoms with Gasteiger partial charge in [-0.25, -0.2) is 0 Å². The van der Waals surface area contributed by atoms with E-state index in [9.17, 15) is 4.79 Å². The monoisotopic (exact) mass is 314 g/mol. The van der Waals surface area contributed by atoms with E-state index in [-0.39, 0.29) is 23.6 Å². The standard InChI is InChI=1S/C15H22N2OS.ClH/c1-12(19-11-13-6-3-2-4-7-13)15(18)17-14-8-5-9-16-10-14;/h2-4,6-7,12,14,16H,5,8-11H2,1H3,(H,17,18);1H. The molecule has 2 N–H and O–H groups in total. The van der Waals surface area contributed by atoms with E-state index in [1.165, 1.54) is 5.56 Å². The smallest absolute Gasteiger partial charge is 0.233 e. The van der Waals surface area contributed by atoms with E-state index in [0.717, 1.165) is 31.7 Å². The summed E-state index contributed by atoms with van der Waals surface area (Å²) in [7, 11) is 0. The maximum absolute atomic E-state index is 12.1. The molecule has 0 spiro atoms. The molecule has 112 valence electrons. The average Bonchev–Trinajstić information content (AvgIpc) is 2.47. The summed E-state index contributed by atoms with van der Waals surface area (Å²) in [4.78, 5) is 12.1. The van der Waals surface area contributed by atoms with Gasteiger partial charge in [-0.05, 0) is 31.9 Å². The van der Waals surface area contributed by atoms with Crippen molar-refractivity contribution < 1.29 is 4.79 Å². The highest BCUT2D eigenvalue weighted by atomic mass is 35.5. The second kappa shape index (κ2) is 9.27. The van der Waals surface area contributed by atoms with Crippen LogP contribution in [0.25, 0.3) is 0 Å². The summed E-state index contributed by atoms with van der Waals surface area (Å²) in [6.45, 7) is 3.96. The van der Waals surface area contributed by atoms with Crippen molar-refractivity contribution in [3.8, 4) is 0 Å². The van der Waals surface area contributed by atoms with Gasteiger partial charge >= 0.3 is 0 Å². The summed E-state index contributed by atoms with van der Waals surface area (Å²) in [5, 5.41) is 6.45. The van der Waals surface area contributed by atoms with Gasteiger partial charge in [0.15, 0.2) is 0 Å². The number of thioether (sulfide) groups is 1. The molecule has 0 radical (unpaired) electrons. The molecule has 1 amide bonds. The van der Waals surface area contributed by atoms with Crippen molar-refractivity contribution in [2.45, 2.75) is 36.8 Å². The van der Waals surface area contributed by atoms with Crippen LogP contribution in [0.4, 0.5) is 0 Å². The Morgan fingerprint density at radius 3 is 2.85 bits per heavy atom. The average molecular weight is 315 g/mol. The van der Waals surface area contributed by atoms with Gasteiger partial charge < -0.3 is 10.6 Å². The van der Waals surface area contributed by atoms with Gasteiger partial charge in [0.1, 0.15) is 0 Å². The normalized spacial score (nSPS) is 19.8. The van der Waals surface area contributed by atoms with Crippen LogP contribution >= 0.6 is 24.2 Å². The lowest BCUT2D eigenvalue weighted by Gasteiger charge is -2.25. The Balaban J connectivity index is 0.00000200. The molecule has 0 bridgehead atoms. The molecular weight excluding hydrogens is 292 g/mol. The molecule has 1 aliphatic rings. The lowest BCUT2D eigenvalue weighted by atomic mass is 10.1. The summed E-state index contributed by atoms with van der Waals surface area (Å²) >= 11 is 1.69. The van der Waals surface area contributed by atoms with Crippen LogP contribution in [0.5, 0.6) is 0 Å². The molecule has 0 aliphatic carbocycles. The van der Waals surface area contributed by atoms with Gasteiger partial charge in [0.2, 0.25) is 5.91 Å². The molecule has 1 saturated heterocycles. The molecule has 1 aliphatic heterocycles. The minimum absolute atomic E-state index is 0. The third kappa shape index (κ3) is 5.73. The summed E-state index contributed by atoms with van der Waals surface area (Å²) in [5.74, 6) is 1.05. The van der Waals surface area contributed by atoms with Crippen LogP contribution in [0.2, 0.25) is 0 Å². The zero-order chi connectivity index (χ0) is 13.5. The first kappa shape index (κ1) is 17.3. The number of piperidine rings is 1. The number of halogens is 1. The molecule has 0 saturated carbocycles. The second-order valence-corrected chi connectivity index (χ2v) is 6.32. The molecule has 1 fully saturated rings. The summed E-state index contributed by atoms with van der Waals surface area (Å²) < 4.78 is 0. The number of carbonyl (C=O) groups is 1. The number of amides is 1. The molecule has 5 heteroatoms. The first-order valence-electron chi connectivity index (χ1n) is 6.92. The SMILES string of the molecule is CC(SCc1ccccc1)C(=O)NC1CCCNC1.Cl. The molecule has 0 aromatic heterocycles. The van der Waals surface area contributed by atoms with E-state index >= 15 is 0 Å². The molecule has 2 rings (SSSR count). The third-order valence-electron chi connectivity index (χ3n) is 3.36. The maximum Gasteiger partial charge on any atom is 0.233 e. The van der Waals surface area contributed by atoms with Crippen LogP contribution in [0.3, 0.4) is 0 Å². The van der Waals surface area contributed by atoms with Gasteiger partial charge in [-0.2, -0.15) is 0 Å². The Labute approximate surface area is 131 Å². The molecule has 20 heavy (non-hydrogen) atoms. The second-order valence-electron chi connectivity index (χ2n) is 4.99. The van der Waals surface area contributed by atoms with Crippen LogP contribution in [-0.4, -0.2) is 30.3 Å². The molecule has 1 aromatic carbocycles. The van der Waals surface area contributed by atoms with E-state index in [0.29, 0.717) is 6.04 Å². The van der Waals surface area contributed by atoms with Crippen molar-refractivity contribution in [2.24, 2.45) is 0 Å². The van der Waals surface area contributed by atoms with Crippen LogP contribution in [0, 0.1) is 0 Å². The molecular formula is C15H23ClN2OS. The number of hydrogen-bond acceptors (Lipinski definition) is 3. The maximum atomic E-state index is 12.1. The molecule has 3 nitrogen and oxygen atoms in total. The predicted molar refractivity (Wildman–Crippen MR) is 88.5 cm³/mol. The quantitative estimate of drug-likeness (QED) is 0.878. The van der Waals surface area contributed by atoms with Crippen molar-refractivity contribution in [1.29, 1.82) is 0 Å². The van der Waals surface area contributed by atoms with E-state index < -0.39 is 0 Å². The van der Waals surface area contributed by atoms with E-state index in [1.807, 2.05) is 25.1 Å². The Morgan fingerprint density at radius 1 is 1.45 bits per heavy atom. The van der Waals surface area contributed by atoms with Crippen LogP contribution in [0.1, 0.15) is 25.3 Å². The fraction of sp³-hybridized carbons (Fsp3) is 0.533. The molecule has 1 aromatic rings. The van der Waals surface area contributed by atoms with Crippen LogP contribution in [0.15, 0.2) is 30.3 Å². The molecule has 1 heterocycles. The van der Waals surface area contributed by atoms with Crippen molar-refractivity contribution in [3.63, 3.8) is 0 Å². The summed E-state index contributed by atoms with van der Waals surface area (Å²) in [5.41, 5.74) is 1.27. The van der Waals surface area contributed by atoms with Gasteiger partial charge in [-0.3, -0.25) is 4.79 Å². The van der Waals surface area contributed by atoms with Gasteiger partial charge in [0.05, 0.1) is 5.25 Å². The molecule has 2 atom stereocenters. The van der Waals surface area contributed by atoms with Gasteiger partial charge in [0.25, 0.3) is 0 Å². The Bertz CT molecular complexity index is 396. The Morgan fingerprint density at radius 2 is 2.20 bits per heavy atom. The van der Waals surface area contributed by atoms with Gasteiger partial charge in [0, 0.05) is 18.3 Å². The van der Waals surface area contributed by atoms with Crippen LogP contribution < -0.4 is 10.6 Å². The van der Waals surface area contributed by atoms with Crippen molar-refractivity contribution >= 4 is 30.1 Å². The molecule has 2 unspecified atom stereocenters. The fourth-order valence-electron chi connectivity index (χ4n) is 2.16. The zero-order valence-corrected chi connectivity index (χ0v) is 13.4. The summed E-state index contributed by atoms with van der Waals surface area (Å²) in [6.07, 6.45) is 2.24. The number of nitrogens with one attached hydrogen (secondary N) is 2. The van der Waals surface area contributed by atoms with Crippen molar-refractivity contribution in [1.82, 2.24) is 10.6 Å². The Hall–Kier alpha value is -0.710.